The minimum absolute atomic E-state index is 0.144. The summed E-state index contributed by atoms with van der Waals surface area (Å²) in [5, 5.41) is 16.5. The van der Waals surface area contributed by atoms with Crippen LogP contribution in [0.5, 0.6) is 0 Å². The third-order valence-corrected chi connectivity index (χ3v) is 4.99. The van der Waals surface area contributed by atoms with E-state index in [1.165, 1.54) is 11.1 Å². The number of hydrogen-bond acceptors (Lipinski definition) is 3. The lowest BCUT2D eigenvalue weighted by atomic mass is 9.79. The van der Waals surface area contributed by atoms with Gasteiger partial charge in [0.1, 0.15) is 11.7 Å². The quantitative estimate of drug-likeness (QED) is 0.834. The van der Waals surface area contributed by atoms with Crippen LogP contribution in [0.25, 0.3) is 0 Å². The molecule has 6 heteroatoms. The van der Waals surface area contributed by atoms with Crippen LogP contribution in [0.2, 0.25) is 0 Å². The van der Waals surface area contributed by atoms with Gasteiger partial charge in [0, 0.05) is 12.2 Å². The zero-order valence-electron chi connectivity index (χ0n) is 15.2. The number of benzene rings is 1. The maximum Gasteiger partial charge on any atom is 0.326 e. The van der Waals surface area contributed by atoms with Gasteiger partial charge in [0.2, 0.25) is 0 Å². The van der Waals surface area contributed by atoms with E-state index in [1.807, 2.05) is 26.0 Å². The fourth-order valence-electron chi connectivity index (χ4n) is 3.58. The Bertz CT molecular complexity index is 797. The average Bonchev–Trinajstić information content (AvgIpc) is 3.12. The molecule has 1 aliphatic rings. The average molecular weight is 355 g/mol. The Hall–Kier alpha value is -2.63. The molecule has 1 aliphatic carbocycles. The molecule has 3 rings (SSSR count). The number of nitrogens with one attached hydrogen (secondary N) is 1. The summed E-state index contributed by atoms with van der Waals surface area (Å²) in [6.07, 6.45) is 5.14. The summed E-state index contributed by atoms with van der Waals surface area (Å²) in [4.78, 5) is 24.2. The molecule has 0 spiro atoms. The molecule has 138 valence electrons. The standard InChI is InChI=1S/C20H25N3O3/c1-13(2)23-11-10-17(22-23)19(24)21-18(20(25)26)12-15-8-5-7-14-6-3-4-9-16(14)15/h3-4,6,9-11,13,15,18H,5,7-8,12H2,1-2H3,(H,21,24)(H,25,26). The molecule has 1 aromatic carbocycles. The second kappa shape index (κ2) is 7.72. The molecule has 0 saturated heterocycles. The topological polar surface area (TPSA) is 84.2 Å². The first-order valence-electron chi connectivity index (χ1n) is 9.12. The van der Waals surface area contributed by atoms with Crippen LogP contribution < -0.4 is 5.32 Å². The number of amides is 1. The van der Waals surface area contributed by atoms with E-state index < -0.39 is 17.9 Å². The summed E-state index contributed by atoms with van der Waals surface area (Å²) in [6, 6.07) is 9.02. The molecular formula is C20H25N3O3. The number of aromatic nitrogens is 2. The Labute approximate surface area is 153 Å². The van der Waals surface area contributed by atoms with Crippen LogP contribution >= 0.6 is 0 Å². The number of carbonyl (C=O) groups excluding carboxylic acids is 1. The van der Waals surface area contributed by atoms with Gasteiger partial charge in [-0.3, -0.25) is 9.48 Å². The number of rotatable bonds is 6. The van der Waals surface area contributed by atoms with Crippen molar-refractivity contribution in [3.63, 3.8) is 0 Å². The van der Waals surface area contributed by atoms with Gasteiger partial charge in [-0.05, 0) is 62.6 Å². The highest BCUT2D eigenvalue weighted by Crippen LogP contribution is 2.34. The molecular weight excluding hydrogens is 330 g/mol. The lowest BCUT2D eigenvalue weighted by Gasteiger charge is -2.27. The summed E-state index contributed by atoms with van der Waals surface area (Å²) in [5.41, 5.74) is 2.74. The fourth-order valence-corrected chi connectivity index (χ4v) is 3.58. The summed E-state index contributed by atoms with van der Waals surface area (Å²) in [6.45, 7) is 3.94. The zero-order valence-corrected chi connectivity index (χ0v) is 15.2. The first kappa shape index (κ1) is 18.2. The predicted molar refractivity (Wildman–Crippen MR) is 98.2 cm³/mol. The van der Waals surface area contributed by atoms with Crippen LogP contribution in [0.4, 0.5) is 0 Å². The minimum Gasteiger partial charge on any atom is -0.480 e. The van der Waals surface area contributed by atoms with Crippen molar-refractivity contribution in [2.75, 3.05) is 0 Å². The van der Waals surface area contributed by atoms with Crippen LogP contribution in [0, 0.1) is 0 Å². The largest absolute Gasteiger partial charge is 0.480 e. The zero-order chi connectivity index (χ0) is 18.7. The predicted octanol–water partition coefficient (Wildman–Crippen LogP) is 3.16. The molecule has 1 amide bonds. The lowest BCUT2D eigenvalue weighted by molar-refractivity contribution is -0.139. The molecule has 6 nitrogen and oxygen atoms in total. The van der Waals surface area contributed by atoms with Crippen molar-refractivity contribution in [2.24, 2.45) is 0 Å². The first-order chi connectivity index (χ1) is 12.5. The maximum absolute atomic E-state index is 12.4. The van der Waals surface area contributed by atoms with Crippen LogP contribution in [0.3, 0.4) is 0 Å². The minimum atomic E-state index is -1.01. The highest BCUT2D eigenvalue weighted by molar-refractivity contribution is 5.94. The van der Waals surface area contributed by atoms with E-state index >= 15 is 0 Å². The molecule has 1 heterocycles. The fraction of sp³-hybridized carbons (Fsp3) is 0.450. The number of carboxylic acids is 1. The Morgan fingerprint density at radius 1 is 1.31 bits per heavy atom. The number of aliphatic carboxylic acids is 1. The van der Waals surface area contributed by atoms with Crippen molar-refractivity contribution in [1.82, 2.24) is 15.1 Å². The van der Waals surface area contributed by atoms with Crippen LogP contribution in [0.15, 0.2) is 36.5 Å². The van der Waals surface area contributed by atoms with E-state index in [2.05, 4.69) is 22.5 Å². The second-order valence-electron chi connectivity index (χ2n) is 7.16. The van der Waals surface area contributed by atoms with Crippen LogP contribution in [0.1, 0.15) is 66.7 Å². The molecule has 0 bridgehead atoms. The van der Waals surface area contributed by atoms with Gasteiger partial charge in [-0.1, -0.05) is 24.3 Å². The van der Waals surface area contributed by atoms with Crippen LogP contribution in [-0.2, 0) is 11.2 Å². The van der Waals surface area contributed by atoms with Gasteiger partial charge in [-0.15, -0.1) is 0 Å². The maximum atomic E-state index is 12.4. The number of carboxylic acid groups (broad SMARTS) is 1. The van der Waals surface area contributed by atoms with Gasteiger partial charge < -0.3 is 10.4 Å². The van der Waals surface area contributed by atoms with E-state index in [9.17, 15) is 14.7 Å². The van der Waals surface area contributed by atoms with Crippen molar-refractivity contribution in [3.05, 3.63) is 53.3 Å². The van der Waals surface area contributed by atoms with Gasteiger partial charge in [-0.2, -0.15) is 5.10 Å². The highest BCUT2D eigenvalue weighted by atomic mass is 16.4. The molecule has 0 saturated carbocycles. The van der Waals surface area contributed by atoms with Crippen LogP contribution in [-0.4, -0.2) is 32.8 Å². The summed E-state index contributed by atoms with van der Waals surface area (Å²) in [5.74, 6) is -1.31. The Morgan fingerprint density at radius 3 is 2.77 bits per heavy atom. The highest BCUT2D eigenvalue weighted by Gasteiger charge is 2.28. The molecule has 2 atom stereocenters. The second-order valence-corrected chi connectivity index (χ2v) is 7.16. The van der Waals surface area contributed by atoms with Crippen molar-refractivity contribution in [1.29, 1.82) is 0 Å². The first-order valence-corrected chi connectivity index (χ1v) is 9.12. The summed E-state index contributed by atoms with van der Waals surface area (Å²) in [7, 11) is 0. The number of nitrogens with zero attached hydrogens (tertiary/aromatic N) is 2. The van der Waals surface area contributed by atoms with Gasteiger partial charge in [0.15, 0.2) is 0 Å². The molecule has 2 aromatic rings. The van der Waals surface area contributed by atoms with E-state index in [-0.39, 0.29) is 17.7 Å². The van der Waals surface area contributed by atoms with E-state index in [0.29, 0.717) is 6.42 Å². The lowest BCUT2D eigenvalue weighted by Crippen LogP contribution is -2.42. The number of hydrogen-bond donors (Lipinski definition) is 2. The summed E-state index contributed by atoms with van der Waals surface area (Å²) >= 11 is 0. The SMILES string of the molecule is CC(C)n1ccc(C(=O)NC(CC2CCCc3ccccc32)C(=O)O)n1. The number of carbonyl (C=O) groups is 2. The molecule has 2 unspecified atom stereocenters. The monoisotopic (exact) mass is 355 g/mol. The van der Waals surface area contributed by atoms with Crippen molar-refractivity contribution in [3.8, 4) is 0 Å². The molecule has 0 radical (unpaired) electrons. The molecule has 2 N–H and O–H groups in total. The van der Waals surface area contributed by atoms with Gasteiger partial charge >= 0.3 is 5.97 Å². The third-order valence-electron chi connectivity index (χ3n) is 4.99. The Kier molecular flexibility index (Phi) is 5.40. The number of fused-ring (bicyclic) bond motifs is 1. The normalized spacial score (nSPS) is 17.6. The Morgan fingerprint density at radius 2 is 2.08 bits per heavy atom. The molecule has 26 heavy (non-hydrogen) atoms. The smallest absolute Gasteiger partial charge is 0.326 e. The molecule has 1 aromatic heterocycles. The molecule has 0 fully saturated rings. The van der Waals surface area contributed by atoms with Gasteiger partial charge in [0.05, 0.1) is 0 Å². The molecule has 0 aliphatic heterocycles. The van der Waals surface area contributed by atoms with Gasteiger partial charge in [0.25, 0.3) is 5.91 Å². The summed E-state index contributed by atoms with van der Waals surface area (Å²) < 4.78 is 1.68. The van der Waals surface area contributed by atoms with Crippen molar-refractivity contribution in [2.45, 2.75) is 57.5 Å². The van der Waals surface area contributed by atoms with Crippen molar-refractivity contribution >= 4 is 11.9 Å². The van der Waals surface area contributed by atoms with E-state index in [4.69, 9.17) is 0 Å². The van der Waals surface area contributed by atoms with E-state index in [0.717, 1.165) is 19.3 Å². The Balaban J connectivity index is 1.72. The third kappa shape index (κ3) is 3.95. The van der Waals surface area contributed by atoms with Crippen molar-refractivity contribution < 1.29 is 14.7 Å². The van der Waals surface area contributed by atoms with E-state index in [1.54, 1.807) is 16.9 Å². The number of aryl methyl sites for hydroxylation is 1. The van der Waals surface area contributed by atoms with Gasteiger partial charge in [-0.25, -0.2) is 4.79 Å².